The lowest BCUT2D eigenvalue weighted by atomic mass is 9.74. The van der Waals surface area contributed by atoms with Gasteiger partial charge >= 0.3 is 0 Å². The van der Waals surface area contributed by atoms with Gasteiger partial charge in [-0.1, -0.05) is 85.0 Å². The third-order valence-corrected chi connectivity index (χ3v) is 12.2. The molecular formula is C36H42N4O5S. The Morgan fingerprint density at radius 2 is 1.52 bits per heavy atom. The molecule has 3 fully saturated rings. The standard InChI is InChI=1S/C36H42N4O5S/c1-35-14-8-17-39(24-26-10-4-2-5-11-26)32(42)29(35)30-33(43)40(28(25-41)27-12-6-3-7-13-27)31-34(44)38(16-9-15-36(30,31)46-35)19-18-37-20-22-45-23-21-37/h2-15,28-31,41H,16-25H2,1H3/t28-,29+,30+,31?,35-,36+/m1/s1. The molecule has 5 heterocycles. The van der Waals surface area contributed by atoms with Crippen molar-refractivity contribution in [3.05, 3.63) is 96.1 Å². The number of rotatable bonds is 8. The second-order valence-electron chi connectivity index (χ2n) is 13.1. The molecule has 0 aliphatic carbocycles. The van der Waals surface area contributed by atoms with E-state index in [2.05, 4.69) is 17.1 Å². The van der Waals surface area contributed by atoms with E-state index in [9.17, 15) is 19.5 Å². The van der Waals surface area contributed by atoms with Crippen molar-refractivity contribution in [2.24, 2.45) is 11.8 Å². The van der Waals surface area contributed by atoms with Crippen molar-refractivity contribution in [3.63, 3.8) is 0 Å². The van der Waals surface area contributed by atoms with Gasteiger partial charge in [0.15, 0.2) is 0 Å². The number of benzene rings is 2. The number of amides is 3. The minimum Gasteiger partial charge on any atom is -0.394 e. The maximum atomic E-state index is 15.0. The molecule has 3 saturated heterocycles. The van der Waals surface area contributed by atoms with Gasteiger partial charge in [0.2, 0.25) is 17.7 Å². The van der Waals surface area contributed by atoms with Crippen LogP contribution in [0.15, 0.2) is 85.0 Å². The zero-order chi connectivity index (χ0) is 31.9. The smallest absolute Gasteiger partial charge is 0.247 e. The number of hydrogen-bond acceptors (Lipinski definition) is 7. The van der Waals surface area contributed by atoms with Crippen LogP contribution in [0.2, 0.25) is 0 Å². The number of nitrogens with zero attached hydrogens (tertiary/aromatic N) is 4. The molecule has 10 heteroatoms. The van der Waals surface area contributed by atoms with Crippen LogP contribution in [-0.2, 0) is 25.7 Å². The van der Waals surface area contributed by atoms with Gasteiger partial charge in [0.05, 0.1) is 42.4 Å². The number of aliphatic hydroxyl groups excluding tert-OH is 1. The van der Waals surface area contributed by atoms with E-state index >= 15 is 0 Å². The second kappa shape index (κ2) is 12.6. The Morgan fingerprint density at radius 1 is 0.848 bits per heavy atom. The fourth-order valence-corrected chi connectivity index (χ4v) is 10.3. The predicted molar refractivity (Wildman–Crippen MR) is 177 cm³/mol. The number of ether oxygens (including phenoxy) is 1. The van der Waals surface area contributed by atoms with Crippen LogP contribution in [0.1, 0.15) is 24.1 Å². The van der Waals surface area contributed by atoms with E-state index in [0.717, 1.165) is 24.2 Å². The maximum absolute atomic E-state index is 15.0. The molecule has 3 amide bonds. The average molecular weight is 643 g/mol. The van der Waals surface area contributed by atoms with Gasteiger partial charge in [0.1, 0.15) is 6.04 Å². The van der Waals surface area contributed by atoms with E-state index < -0.39 is 33.4 Å². The van der Waals surface area contributed by atoms with E-state index in [0.29, 0.717) is 45.9 Å². The number of carbonyl (C=O) groups is 3. The van der Waals surface area contributed by atoms with Gasteiger partial charge in [-0.3, -0.25) is 19.3 Å². The van der Waals surface area contributed by atoms with Crippen molar-refractivity contribution in [2.45, 2.75) is 35.0 Å². The lowest BCUT2D eigenvalue weighted by molar-refractivity contribution is -0.147. The van der Waals surface area contributed by atoms with Crippen LogP contribution in [0, 0.1) is 11.8 Å². The van der Waals surface area contributed by atoms with Crippen molar-refractivity contribution in [1.82, 2.24) is 19.6 Å². The zero-order valence-corrected chi connectivity index (χ0v) is 27.1. The summed E-state index contributed by atoms with van der Waals surface area (Å²) in [6, 6.07) is 17.7. The zero-order valence-electron chi connectivity index (χ0n) is 26.2. The molecule has 6 atom stereocenters. The van der Waals surface area contributed by atoms with Crippen molar-refractivity contribution in [3.8, 4) is 0 Å². The monoisotopic (exact) mass is 642 g/mol. The largest absolute Gasteiger partial charge is 0.394 e. The summed E-state index contributed by atoms with van der Waals surface area (Å²) >= 11 is 1.58. The van der Waals surface area contributed by atoms with Crippen LogP contribution in [-0.4, -0.2) is 117 Å². The molecule has 0 radical (unpaired) electrons. The van der Waals surface area contributed by atoms with Gasteiger partial charge < -0.3 is 24.5 Å². The molecule has 2 aromatic carbocycles. The first kappa shape index (κ1) is 31.2. The second-order valence-corrected chi connectivity index (χ2v) is 14.9. The third kappa shape index (κ3) is 5.29. The predicted octanol–water partition coefficient (Wildman–Crippen LogP) is 2.74. The molecule has 5 aliphatic heterocycles. The van der Waals surface area contributed by atoms with Gasteiger partial charge in [-0.05, 0) is 18.1 Å². The Labute approximate surface area is 274 Å². The Kier molecular flexibility index (Phi) is 8.56. The Morgan fingerprint density at radius 3 is 2.24 bits per heavy atom. The van der Waals surface area contributed by atoms with Crippen molar-refractivity contribution < 1.29 is 24.2 Å². The fraction of sp³-hybridized carbons (Fsp3) is 0.472. The number of fused-ring (bicyclic) bond motifs is 2. The van der Waals surface area contributed by atoms with Crippen LogP contribution < -0.4 is 0 Å². The number of hydrogen-bond donors (Lipinski definition) is 1. The summed E-state index contributed by atoms with van der Waals surface area (Å²) in [6.45, 7) is 7.27. The molecule has 2 aromatic rings. The van der Waals surface area contributed by atoms with E-state index in [1.807, 2.05) is 89.5 Å². The lowest BCUT2D eigenvalue weighted by Gasteiger charge is -2.40. The molecule has 5 aliphatic rings. The molecule has 0 bridgehead atoms. The maximum Gasteiger partial charge on any atom is 0.247 e. The van der Waals surface area contributed by atoms with Gasteiger partial charge in [-0.2, -0.15) is 0 Å². The summed E-state index contributed by atoms with van der Waals surface area (Å²) in [7, 11) is 0. The van der Waals surface area contributed by atoms with Crippen LogP contribution in [0.25, 0.3) is 0 Å². The molecule has 0 aromatic heterocycles. The minimum atomic E-state index is -0.973. The van der Waals surface area contributed by atoms with Crippen LogP contribution >= 0.6 is 11.8 Å². The fourth-order valence-electron chi connectivity index (χ4n) is 8.16. The van der Waals surface area contributed by atoms with Crippen molar-refractivity contribution >= 4 is 29.5 Å². The SMILES string of the molecule is C[C@@]12C=CCN(Cc3ccccc3)C(=O)[C@@H]1[C@H]1C(=O)N([C@H](CO)c3ccccc3)C3C(=O)N(CCN4CCOCC4)CC=C[C@@]31S2. The topological polar surface area (TPSA) is 93.6 Å². The molecule has 0 saturated carbocycles. The van der Waals surface area contributed by atoms with Gasteiger partial charge in [0, 0.05) is 50.6 Å². The lowest BCUT2D eigenvalue weighted by Crippen LogP contribution is -2.55. The number of aliphatic hydroxyl groups is 1. The summed E-state index contributed by atoms with van der Waals surface area (Å²) in [5, 5.41) is 10.8. The molecule has 46 heavy (non-hydrogen) atoms. The number of morpholine rings is 1. The highest BCUT2D eigenvalue weighted by Gasteiger charge is 2.74. The normalized spacial score (nSPS) is 31.8. The van der Waals surface area contributed by atoms with Crippen molar-refractivity contribution in [2.75, 3.05) is 59.1 Å². The first-order valence-electron chi connectivity index (χ1n) is 16.3. The summed E-state index contributed by atoms with van der Waals surface area (Å²) in [5.41, 5.74) is 1.79. The van der Waals surface area contributed by atoms with Crippen molar-refractivity contribution in [1.29, 1.82) is 0 Å². The number of carbonyl (C=O) groups excluding carboxylic acids is 3. The Bertz CT molecular complexity index is 1510. The number of likely N-dealkylation sites (tertiary alicyclic amines) is 1. The Hall–Kier alpha value is -3.44. The molecule has 9 nitrogen and oxygen atoms in total. The van der Waals surface area contributed by atoms with Gasteiger partial charge in [-0.15, -0.1) is 11.8 Å². The van der Waals surface area contributed by atoms with E-state index in [-0.39, 0.29) is 24.3 Å². The highest BCUT2D eigenvalue weighted by Crippen LogP contribution is 2.66. The minimum absolute atomic E-state index is 0.0748. The molecule has 1 unspecified atom stereocenters. The highest BCUT2D eigenvalue weighted by molar-refractivity contribution is 8.02. The first-order valence-corrected chi connectivity index (χ1v) is 17.1. The number of thioether (sulfide) groups is 1. The van der Waals surface area contributed by atoms with E-state index in [1.165, 1.54) is 0 Å². The Balaban J connectivity index is 1.29. The average Bonchev–Trinajstić information content (AvgIpc) is 3.35. The quantitative estimate of drug-likeness (QED) is 0.443. The first-order chi connectivity index (χ1) is 22.4. The van der Waals surface area contributed by atoms with Crippen LogP contribution in [0.4, 0.5) is 0 Å². The van der Waals surface area contributed by atoms with Crippen LogP contribution in [0.5, 0.6) is 0 Å². The molecular weight excluding hydrogens is 600 g/mol. The van der Waals surface area contributed by atoms with Gasteiger partial charge in [-0.25, -0.2) is 0 Å². The highest BCUT2D eigenvalue weighted by atomic mass is 32.2. The summed E-state index contributed by atoms with van der Waals surface area (Å²) < 4.78 is 3.85. The van der Waals surface area contributed by atoms with E-state index in [1.54, 1.807) is 16.7 Å². The summed E-state index contributed by atoms with van der Waals surface area (Å²) in [5.74, 6) is -1.89. The van der Waals surface area contributed by atoms with E-state index in [4.69, 9.17) is 4.74 Å². The molecule has 242 valence electrons. The third-order valence-electron chi connectivity index (χ3n) is 10.4. The molecule has 1 N–H and O–H groups in total. The summed E-state index contributed by atoms with van der Waals surface area (Å²) in [6.07, 6.45) is 8.21. The molecule has 7 rings (SSSR count). The summed E-state index contributed by atoms with van der Waals surface area (Å²) in [4.78, 5) is 52.1. The van der Waals surface area contributed by atoms with Crippen LogP contribution in [0.3, 0.4) is 0 Å². The van der Waals surface area contributed by atoms with Gasteiger partial charge in [0.25, 0.3) is 0 Å². The molecule has 1 spiro atoms.